The van der Waals surface area contributed by atoms with Crippen LogP contribution in [0.4, 0.5) is 0 Å². The summed E-state index contributed by atoms with van der Waals surface area (Å²) in [5, 5.41) is 11.9. The van der Waals surface area contributed by atoms with Crippen LogP contribution in [0.2, 0.25) is 0 Å². The molecule has 0 aliphatic heterocycles. The summed E-state index contributed by atoms with van der Waals surface area (Å²) in [5.41, 5.74) is -0.517. The SMILES string of the molecule is O=c1c(=NO)c(=O)c2nc3ccccc3cc12. The summed E-state index contributed by atoms with van der Waals surface area (Å²) < 4.78 is 0. The summed E-state index contributed by atoms with van der Waals surface area (Å²) in [7, 11) is 0. The van der Waals surface area contributed by atoms with E-state index in [4.69, 9.17) is 5.21 Å². The number of hydrogen-bond acceptors (Lipinski definition) is 5. The van der Waals surface area contributed by atoms with Crippen molar-refractivity contribution in [1.29, 1.82) is 0 Å². The zero-order valence-corrected chi connectivity index (χ0v) is 8.54. The van der Waals surface area contributed by atoms with Crippen LogP contribution in [-0.2, 0) is 0 Å². The fraction of sp³-hybridized carbons (Fsp3) is 0. The van der Waals surface area contributed by atoms with Gasteiger partial charge in [-0.25, -0.2) is 4.98 Å². The molecule has 3 rings (SSSR count). The molecule has 82 valence electrons. The molecule has 0 bridgehead atoms. The zero-order chi connectivity index (χ0) is 12.0. The van der Waals surface area contributed by atoms with Crippen molar-refractivity contribution in [1.82, 2.24) is 4.98 Å². The van der Waals surface area contributed by atoms with Crippen LogP contribution in [-0.4, -0.2) is 10.2 Å². The van der Waals surface area contributed by atoms with E-state index in [9.17, 15) is 9.59 Å². The Kier molecular flexibility index (Phi) is 1.82. The fourth-order valence-electron chi connectivity index (χ4n) is 1.90. The molecule has 0 aliphatic rings. The van der Waals surface area contributed by atoms with Crippen molar-refractivity contribution in [2.24, 2.45) is 5.16 Å². The molecule has 1 heterocycles. The Hall–Kier alpha value is -2.56. The number of rotatable bonds is 0. The molecule has 0 radical (unpaired) electrons. The quantitative estimate of drug-likeness (QED) is 0.441. The first-order chi connectivity index (χ1) is 8.22. The number of pyridine rings is 1. The Morgan fingerprint density at radius 3 is 2.65 bits per heavy atom. The molecule has 17 heavy (non-hydrogen) atoms. The number of nitrogens with zero attached hydrogens (tertiary/aromatic N) is 2. The van der Waals surface area contributed by atoms with E-state index >= 15 is 0 Å². The molecule has 0 aliphatic carbocycles. The minimum absolute atomic E-state index is 0.0569. The van der Waals surface area contributed by atoms with Crippen LogP contribution in [0.5, 0.6) is 0 Å². The lowest BCUT2D eigenvalue weighted by Crippen LogP contribution is -2.31. The van der Waals surface area contributed by atoms with Gasteiger partial charge in [0.1, 0.15) is 5.52 Å². The first-order valence-corrected chi connectivity index (χ1v) is 4.93. The summed E-state index contributed by atoms with van der Waals surface area (Å²) in [4.78, 5) is 27.6. The molecule has 5 heteroatoms. The van der Waals surface area contributed by atoms with Gasteiger partial charge in [-0.3, -0.25) is 9.59 Å². The van der Waals surface area contributed by atoms with Crippen molar-refractivity contribution in [2.75, 3.05) is 0 Å². The second kappa shape index (κ2) is 3.21. The fourth-order valence-corrected chi connectivity index (χ4v) is 1.90. The molecule has 0 saturated carbocycles. The van der Waals surface area contributed by atoms with E-state index < -0.39 is 16.2 Å². The van der Waals surface area contributed by atoms with Crippen LogP contribution in [0.3, 0.4) is 0 Å². The van der Waals surface area contributed by atoms with Gasteiger partial charge in [0.05, 0.1) is 10.9 Å². The standard InChI is InChI=1S/C12H6N2O3/c15-11-7-5-6-3-1-2-4-8(6)13-9(7)12(16)10(11)14-17/h1-5,17H. The van der Waals surface area contributed by atoms with E-state index in [0.29, 0.717) is 5.52 Å². The molecular weight excluding hydrogens is 220 g/mol. The van der Waals surface area contributed by atoms with Crippen molar-refractivity contribution in [3.63, 3.8) is 0 Å². The highest BCUT2D eigenvalue weighted by atomic mass is 16.4. The third kappa shape index (κ3) is 1.19. The van der Waals surface area contributed by atoms with Crippen LogP contribution < -0.4 is 16.2 Å². The molecule has 0 unspecified atom stereocenters. The molecule has 2 aromatic carbocycles. The summed E-state index contributed by atoms with van der Waals surface area (Å²) >= 11 is 0. The lowest BCUT2D eigenvalue weighted by atomic mass is 10.2. The lowest BCUT2D eigenvalue weighted by molar-refractivity contribution is 0.301. The van der Waals surface area contributed by atoms with E-state index in [-0.39, 0.29) is 10.9 Å². The van der Waals surface area contributed by atoms with Gasteiger partial charge in [-0.1, -0.05) is 23.4 Å². The molecule has 0 fully saturated rings. The maximum atomic E-state index is 11.7. The topological polar surface area (TPSA) is 79.6 Å². The minimum Gasteiger partial charge on any atom is -0.410 e. The van der Waals surface area contributed by atoms with Crippen LogP contribution in [0.25, 0.3) is 21.8 Å². The summed E-state index contributed by atoms with van der Waals surface area (Å²) in [5.74, 6) is 0. The maximum absolute atomic E-state index is 11.7. The third-order valence-electron chi connectivity index (χ3n) is 2.71. The Balaban J connectivity index is 2.70. The van der Waals surface area contributed by atoms with Gasteiger partial charge in [0.25, 0.3) is 0 Å². The monoisotopic (exact) mass is 226 g/mol. The van der Waals surface area contributed by atoms with E-state index in [1.807, 2.05) is 6.07 Å². The molecule has 1 aromatic heterocycles. The smallest absolute Gasteiger partial charge is 0.237 e. The van der Waals surface area contributed by atoms with Crippen LogP contribution >= 0.6 is 0 Å². The van der Waals surface area contributed by atoms with E-state index in [2.05, 4.69) is 10.1 Å². The Labute approximate surface area is 94.0 Å². The van der Waals surface area contributed by atoms with Gasteiger partial charge in [0, 0.05) is 5.39 Å². The van der Waals surface area contributed by atoms with Crippen LogP contribution in [0, 0.1) is 0 Å². The molecule has 3 aromatic rings. The highest BCUT2D eigenvalue weighted by Gasteiger charge is 2.13. The lowest BCUT2D eigenvalue weighted by Gasteiger charge is -1.95. The van der Waals surface area contributed by atoms with Crippen LogP contribution in [0.1, 0.15) is 0 Å². The number of fused-ring (bicyclic) bond motifs is 2. The van der Waals surface area contributed by atoms with Gasteiger partial charge in [0.15, 0.2) is 5.36 Å². The van der Waals surface area contributed by atoms with E-state index in [1.165, 1.54) is 0 Å². The van der Waals surface area contributed by atoms with Crippen LogP contribution in [0.15, 0.2) is 45.1 Å². The molecule has 0 atom stereocenters. The minimum atomic E-state index is -0.627. The third-order valence-corrected chi connectivity index (χ3v) is 2.71. The Morgan fingerprint density at radius 1 is 1.12 bits per heavy atom. The number of aromatic nitrogens is 1. The number of hydrogen-bond donors (Lipinski definition) is 1. The highest BCUT2D eigenvalue weighted by Crippen LogP contribution is 2.14. The van der Waals surface area contributed by atoms with Gasteiger partial charge in [-0.05, 0) is 12.1 Å². The van der Waals surface area contributed by atoms with Gasteiger partial charge in [-0.15, -0.1) is 0 Å². The Morgan fingerprint density at radius 2 is 1.88 bits per heavy atom. The molecule has 5 nitrogen and oxygen atoms in total. The summed E-state index contributed by atoms with van der Waals surface area (Å²) in [6.07, 6.45) is 0. The second-order valence-corrected chi connectivity index (χ2v) is 3.68. The average Bonchev–Trinajstić information content (AvgIpc) is 2.59. The van der Waals surface area contributed by atoms with Gasteiger partial charge < -0.3 is 5.21 Å². The predicted molar refractivity (Wildman–Crippen MR) is 61.5 cm³/mol. The van der Waals surface area contributed by atoms with E-state index in [0.717, 1.165) is 5.39 Å². The average molecular weight is 226 g/mol. The van der Waals surface area contributed by atoms with Gasteiger partial charge in [0.2, 0.25) is 10.9 Å². The zero-order valence-electron chi connectivity index (χ0n) is 8.54. The maximum Gasteiger partial charge on any atom is 0.237 e. The van der Waals surface area contributed by atoms with E-state index in [1.54, 1.807) is 24.3 Å². The first kappa shape index (κ1) is 9.65. The predicted octanol–water partition coefficient (Wildman–Crippen LogP) is 0.274. The van der Waals surface area contributed by atoms with Gasteiger partial charge >= 0.3 is 0 Å². The highest BCUT2D eigenvalue weighted by molar-refractivity contribution is 5.92. The summed E-state index contributed by atoms with van der Waals surface area (Å²) in [6.45, 7) is 0. The normalized spacial score (nSPS) is 12.6. The second-order valence-electron chi connectivity index (χ2n) is 3.68. The molecule has 1 N–H and O–H groups in total. The molecule has 0 amide bonds. The molecule has 0 spiro atoms. The largest absolute Gasteiger partial charge is 0.410 e. The number of para-hydroxylation sites is 1. The van der Waals surface area contributed by atoms with Crippen molar-refractivity contribution in [3.8, 4) is 0 Å². The first-order valence-electron chi connectivity index (χ1n) is 4.93. The molecular formula is C12H6N2O3. The Bertz CT molecular complexity index is 820. The summed E-state index contributed by atoms with van der Waals surface area (Å²) in [6, 6.07) is 8.76. The van der Waals surface area contributed by atoms with Crippen molar-refractivity contribution >= 4 is 21.8 Å². The van der Waals surface area contributed by atoms with Crippen molar-refractivity contribution in [3.05, 3.63) is 56.1 Å². The number of benzene rings is 1. The van der Waals surface area contributed by atoms with Gasteiger partial charge in [-0.2, -0.15) is 0 Å². The van der Waals surface area contributed by atoms with Crippen molar-refractivity contribution < 1.29 is 5.21 Å². The van der Waals surface area contributed by atoms with Crippen molar-refractivity contribution in [2.45, 2.75) is 0 Å². The molecule has 0 saturated heterocycles.